The molecule has 0 heterocycles. The first kappa shape index (κ1) is 23.8. The average molecular weight is 359 g/mol. The Balaban J connectivity index is 3.72. The molecule has 0 spiro atoms. The lowest BCUT2D eigenvalue weighted by Gasteiger charge is -2.16. The summed E-state index contributed by atoms with van der Waals surface area (Å²) in [7, 11) is 0. The van der Waals surface area contributed by atoms with Gasteiger partial charge < -0.3 is 4.74 Å². The minimum absolute atomic E-state index is 0.0614. The van der Waals surface area contributed by atoms with Gasteiger partial charge in [0, 0.05) is 11.7 Å². The number of unbranched alkanes of at least 4 members (excludes halogenated alkanes) is 6. The molecule has 3 heteroatoms. The van der Waals surface area contributed by atoms with Crippen LogP contribution in [0.5, 0.6) is 0 Å². The molecular formula is C21H42O2S. The standard InChI is InChI=1S/C21H42O2S/c1-5-7-11-15-20(16-17-23-21(22)6-2)24-18-13-10-8-9-12-14-19(3)4/h19-20H,5-18H2,1-4H3. The molecule has 0 aromatic heterocycles. The number of ether oxygens (including phenoxy) is 1. The van der Waals surface area contributed by atoms with E-state index in [1.807, 2.05) is 6.92 Å². The number of thioether (sulfide) groups is 1. The second-order valence-corrected chi connectivity index (χ2v) is 8.71. The van der Waals surface area contributed by atoms with Crippen LogP contribution in [0.15, 0.2) is 0 Å². The molecule has 0 fully saturated rings. The molecule has 0 rings (SSSR count). The molecule has 0 bridgehead atoms. The predicted octanol–water partition coefficient (Wildman–Crippen LogP) is 7.01. The number of hydrogen-bond acceptors (Lipinski definition) is 3. The van der Waals surface area contributed by atoms with Crippen LogP contribution < -0.4 is 0 Å². The van der Waals surface area contributed by atoms with E-state index in [9.17, 15) is 4.79 Å². The summed E-state index contributed by atoms with van der Waals surface area (Å²) in [6.45, 7) is 9.34. The van der Waals surface area contributed by atoms with E-state index in [1.165, 1.54) is 70.0 Å². The first-order chi connectivity index (χ1) is 11.6. The molecule has 0 amide bonds. The number of carbonyl (C=O) groups is 1. The zero-order chi connectivity index (χ0) is 18.0. The normalized spacial score (nSPS) is 12.5. The van der Waals surface area contributed by atoms with Crippen molar-refractivity contribution in [1.82, 2.24) is 0 Å². The molecule has 1 atom stereocenters. The van der Waals surface area contributed by atoms with Crippen LogP contribution in [0, 0.1) is 5.92 Å². The van der Waals surface area contributed by atoms with Crippen molar-refractivity contribution in [2.45, 2.75) is 110 Å². The minimum atomic E-state index is -0.0614. The van der Waals surface area contributed by atoms with E-state index < -0.39 is 0 Å². The first-order valence-corrected chi connectivity index (χ1v) is 11.4. The van der Waals surface area contributed by atoms with Gasteiger partial charge in [-0.15, -0.1) is 0 Å². The molecule has 0 saturated carbocycles. The molecule has 24 heavy (non-hydrogen) atoms. The Morgan fingerprint density at radius 3 is 2.21 bits per heavy atom. The third kappa shape index (κ3) is 16.7. The lowest BCUT2D eigenvalue weighted by Crippen LogP contribution is -2.11. The van der Waals surface area contributed by atoms with Gasteiger partial charge in [0.15, 0.2) is 0 Å². The van der Waals surface area contributed by atoms with Crippen LogP contribution in [-0.4, -0.2) is 23.6 Å². The highest BCUT2D eigenvalue weighted by Crippen LogP contribution is 2.23. The molecule has 2 nitrogen and oxygen atoms in total. The summed E-state index contributed by atoms with van der Waals surface area (Å²) in [5, 5.41) is 0.669. The van der Waals surface area contributed by atoms with Gasteiger partial charge in [-0.3, -0.25) is 4.79 Å². The molecule has 0 aliphatic rings. The number of hydrogen-bond donors (Lipinski definition) is 0. The smallest absolute Gasteiger partial charge is 0.305 e. The summed E-state index contributed by atoms with van der Waals surface area (Å²) in [5.74, 6) is 2.06. The second-order valence-electron chi connectivity index (χ2n) is 7.30. The fourth-order valence-electron chi connectivity index (χ4n) is 2.77. The summed E-state index contributed by atoms with van der Waals surface area (Å²) >= 11 is 2.11. The Hall–Kier alpha value is -0.180. The van der Waals surface area contributed by atoms with Gasteiger partial charge in [-0.25, -0.2) is 0 Å². The van der Waals surface area contributed by atoms with Gasteiger partial charge in [-0.05, 0) is 30.9 Å². The van der Waals surface area contributed by atoms with Crippen molar-refractivity contribution in [2.24, 2.45) is 5.92 Å². The quantitative estimate of drug-likeness (QED) is 0.207. The molecule has 0 aliphatic heterocycles. The maximum absolute atomic E-state index is 11.3. The summed E-state index contributed by atoms with van der Waals surface area (Å²) in [4.78, 5) is 11.3. The Morgan fingerprint density at radius 2 is 1.54 bits per heavy atom. The van der Waals surface area contributed by atoms with E-state index in [1.54, 1.807) is 0 Å². The van der Waals surface area contributed by atoms with Gasteiger partial charge in [0.25, 0.3) is 0 Å². The summed E-state index contributed by atoms with van der Waals surface area (Å²) in [5.41, 5.74) is 0. The fourth-order valence-corrected chi connectivity index (χ4v) is 4.07. The van der Waals surface area contributed by atoms with Crippen molar-refractivity contribution in [1.29, 1.82) is 0 Å². The van der Waals surface area contributed by atoms with Crippen molar-refractivity contribution < 1.29 is 9.53 Å². The Morgan fingerprint density at radius 1 is 0.875 bits per heavy atom. The number of carbonyl (C=O) groups excluding carboxylic acids is 1. The molecule has 1 unspecified atom stereocenters. The molecular weight excluding hydrogens is 316 g/mol. The van der Waals surface area contributed by atoms with Crippen molar-refractivity contribution in [3.63, 3.8) is 0 Å². The monoisotopic (exact) mass is 358 g/mol. The van der Waals surface area contributed by atoms with E-state index in [0.717, 1.165) is 12.3 Å². The van der Waals surface area contributed by atoms with Crippen molar-refractivity contribution in [2.75, 3.05) is 12.4 Å². The third-order valence-electron chi connectivity index (χ3n) is 4.40. The molecule has 0 aromatic carbocycles. The molecule has 0 radical (unpaired) electrons. The van der Waals surface area contributed by atoms with Crippen LogP contribution in [0.25, 0.3) is 0 Å². The van der Waals surface area contributed by atoms with Gasteiger partial charge in [-0.1, -0.05) is 79.1 Å². The van der Waals surface area contributed by atoms with E-state index in [4.69, 9.17) is 4.74 Å². The zero-order valence-corrected chi connectivity index (χ0v) is 17.6. The Labute approximate surface area is 155 Å². The summed E-state index contributed by atoms with van der Waals surface area (Å²) < 4.78 is 5.27. The molecule has 144 valence electrons. The highest BCUT2D eigenvalue weighted by molar-refractivity contribution is 7.99. The van der Waals surface area contributed by atoms with Gasteiger partial charge in [0.1, 0.15) is 0 Å². The van der Waals surface area contributed by atoms with Gasteiger partial charge in [0.2, 0.25) is 0 Å². The highest BCUT2D eigenvalue weighted by Gasteiger charge is 2.10. The predicted molar refractivity (Wildman–Crippen MR) is 109 cm³/mol. The van der Waals surface area contributed by atoms with Crippen LogP contribution in [0.4, 0.5) is 0 Å². The first-order valence-electron chi connectivity index (χ1n) is 10.4. The fraction of sp³-hybridized carbons (Fsp3) is 0.952. The van der Waals surface area contributed by atoms with Gasteiger partial charge >= 0.3 is 5.97 Å². The van der Waals surface area contributed by atoms with Gasteiger partial charge in [0.05, 0.1) is 6.61 Å². The van der Waals surface area contributed by atoms with Crippen LogP contribution in [-0.2, 0) is 9.53 Å². The van der Waals surface area contributed by atoms with E-state index in [-0.39, 0.29) is 5.97 Å². The van der Waals surface area contributed by atoms with Crippen LogP contribution in [0.3, 0.4) is 0 Å². The highest BCUT2D eigenvalue weighted by atomic mass is 32.2. The number of rotatable bonds is 17. The average Bonchev–Trinajstić information content (AvgIpc) is 2.56. The molecule has 0 N–H and O–H groups in total. The van der Waals surface area contributed by atoms with Gasteiger partial charge in [-0.2, -0.15) is 11.8 Å². The van der Waals surface area contributed by atoms with Crippen LogP contribution >= 0.6 is 11.8 Å². The third-order valence-corrected chi connectivity index (χ3v) is 5.87. The number of esters is 1. The minimum Gasteiger partial charge on any atom is -0.466 e. The largest absolute Gasteiger partial charge is 0.466 e. The van der Waals surface area contributed by atoms with E-state index >= 15 is 0 Å². The molecule has 0 aromatic rings. The van der Waals surface area contributed by atoms with Crippen molar-refractivity contribution in [3.8, 4) is 0 Å². The summed E-state index contributed by atoms with van der Waals surface area (Å²) in [6, 6.07) is 0. The van der Waals surface area contributed by atoms with E-state index in [2.05, 4.69) is 32.5 Å². The van der Waals surface area contributed by atoms with Crippen LogP contribution in [0.1, 0.15) is 105 Å². The lowest BCUT2D eigenvalue weighted by atomic mass is 10.0. The van der Waals surface area contributed by atoms with Crippen molar-refractivity contribution in [3.05, 3.63) is 0 Å². The maximum Gasteiger partial charge on any atom is 0.305 e. The van der Waals surface area contributed by atoms with Crippen LogP contribution in [0.2, 0.25) is 0 Å². The van der Waals surface area contributed by atoms with E-state index in [0.29, 0.717) is 18.3 Å². The van der Waals surface area contributed by atoms with Crippen molar-refractivity contribution >= 4 is 17.7 Å². The maximum atomic E-state index is 11.3. The zero-order valence-electron chi connectivity index (χ0n) is 16.8. The Bertz CT molecular complexity index is 279. The topological polar surface area (TPSA) is 26.3 Å². The SMILES string of the molecule is CCCCCC(CCOC(=O)CC)SCCCCCCCC(C)C. The summed E-state index contributed by atoms with van der Waals surface area (Å²) in [6.07, 6.45) is 15.0. The lowest BCUT2D eigenvalue weighted by molar-refractivity contribution is -0.143. The molecule has 0 saturated heterocycles. The molecule has 0 aliphatic carbocycles. The second kappa shape index (κ2) is 17.6. The Kier molecular flexibility index (Phi) is 17.5.